The summed E-state index contributed by atoms with van der Waals surface area (Å²) in [5.74, 6) is 2.80. The van der Waals surface area contributed by atoms with Crippen molar-refractivity contribution in [1.82, 2.24) is 0 Å². The van der Waals surface area contributed by atoms with Crippen LogP contribution < -0.4 is 5.73 Å². The molecule has 2 N–H and O–H groups in total. The molecular formula is C12H23NO. The van der Waals surface area contributed by atoms with Crippen molar-refractivity contribution in [2.75, 3.05) is 20.3 Å². The molecule has 3 unspecified atom stereocenters. The van der Waals surface area contributed by atoms with E-state index >= 15 is 0 Å². The van der Waals surface area contributed by atoms with Crippen molar-refractivity contribution in [3.63, 3.8) is 0 Å². The molecule has 2 saturated carbocycles. The fraction of sp³-hybridized carbons (Fsp3) is 1.00. The Morgan fingerprint density at radius 1 is 1.43 bits per heavy atom. The lowest BCUT2D eigenvalue weighted by molar-refractivity contribution is 0.112. The van der Waals surface area contributed by atoms with E-state index in [0.717, 1.165) is 30.9 Å². The summed E-state index contributed by atoms with van der Waals surface area (Å²) in [5.41, 5.74) is 6.45. The maximum absolute atomic E-state index is 5.98. The van der Waals surface area contributed by atoms with Crippen LogP contribution in [0.15, 0.2) is 0 Å². The second-order valence-electron chi connectivity index (χ2n) is 5.41. The summed E-state index contributed by atoms with van der Waals surface area (Å²) in [6, 6.07) is 0. The normalized spacial score (nSPS) is 42.2. The first-order chi connectivity index (χ1) is 6.72. The summed E-state index contributed by atoms with van der Waals surface area (Å²) < 4.78 is 5.16. The molecular weight excluding hydrogens is 174 g/mol. The van der Waals surface area contributed by atoms with Crippen LogP contribution in [0.1, 0.15) is 32.6 Å². The molecule has 0 aliphatic heterocycles. The van der Waals surface area contributed by atoms with Crippen molar-refractivity contribution in [2.45, 2.75) is 32.6 Å². The molecule has 0 heterocycles. The molecule has 2 fully saturated rings. The van der Waals surface area contributed by atoms with Crippen molar-refractivity contribution in [1.29, 1.82) is 0 Å². The van der Waals surface area contributed by atoms with Gasteiger partial charge in [0.05, 0.1) is 0 Å². The third-order valence-corrected chi connectivity index (χ3v) is 4.61. The summed E-state index contributed by atoms with van der Waals surface area (Å²) in [7, 11) is 1.79. The number of hydrogen-bond donors (Lipinski definition) is 1. The van der Waals surface area contributed by atoms with Crippen LogP contribution in [0.3, 0.4) is 0 Å². The number of methoxy groups -OCH3 is 1. The van der Waals surface area contributed by atoms with Gasteiger partial charge in [0.15, 0.2) is 0 Å². The number of ether oxygens (including phenoxy) is 1. The Balaban J connectivity index is 1.91. The lowest BCUT2D eigenvalue weighted by Crippen LogP contribution is -2.36. The van der Waals surface area contributed by atoms with E-state index in [1.165, 1.54) is 25.7 Å². The van der Waals surface area contributed by atoms with Gasteiger partial charge in [-0.05, 0) is 55.4 Å². The molecule has 82 valence electrons. The number of hydrogen-bond acceptors (Lipinski definition) is 2. The summed E-state index contributed by atoms with van der Waals surface area (Å²) in [4.78, 5) is 0. The Kier molecular flexibility index (Phi) is 2.85. The van der Waals surface area contributed by atoms with Crippen LogP contribution in [0, 0.1) is 23.2 Å². The van der Waals surface area contributed by atoms with Crippen LogP contribution in [0.2, 0.25) is 0 Å². The van der Waals surface area contributed by atoms with E-state index in [1.807, 2.05) is 0 Å². The van der Waals surface area contributed by atoms with Crippen molar-refractivity contribution in [2.24, 2.45) is 28.9 Å². The molecule has 2 aliphatic rings. The lowest BCUT2D eigenvalue weighted by atomic mass is 9.71. The van der Waals surface area contributed by atoms with Gasteiger partial charge in [-0.25, -0.2) is 0 Å². The Labute approximate surface area is 87.2 Å². The predicted molar refractivity (Wildman–Crippen MR) is 58.0 cm³/mol. The third kappa shape index (κ3) is 1.70. The van der Waals surface area contributed by atoms with Crippen molar-refractivity contribution >= 4 is 0 Å². The van der Waals surface area contributed by atoms with E-state index in [0.29, 0.717) is 5.41 Å². The van der Waals surface area contributed by atoms with E-state index in [-0.39, 0.29) is 0 Å². The zero-order chi connectivity index (χ0) is 10.2. The topological polar surface area (TPSA) is 35.2 Å². The molecule has 0 saturated heterocycles. The Hall–Kier alpha value is -0.0800. The van der Waals surface area contributed by atoms with Crippen LogP contribution in [0.25, 0.3) is 0 Å². The Bertz CT molecular complexity index is 194. The van der Waals surface area contributed by atoms with Gasteiger partial charge in [-0.15, -0.1) is 0 Å². The van der Waals surface area contributed by atoms with Gasteiger partial charge >= 0.3 is 0 Å². The second kappa shape index (κ2) is 3.82. The zero-order valence-electron chi connectivity index (χ0n) is 9.46. The average molecular weight is 197 g/mol. The largest absolute Gasteiger partial charge is 0.385 e. The third-order valence-electron chi connectivity index (χ3n) is 4.61. The van der Waals surface area contributed by atoms with Crippen LogP contribution in [0.4, 0.5) is 0 Å². The van der Waals surface area contributed by atoms with Gasteiger partial charge in [0.25, 0.3) is 0 Å². The predicted octanol–water partition coefficient (Wildman–Crippen LogP) is 2.03. The van der Waals surface area contributed by atoms with Crippen LogP contribution in [-0.4, -0.2) is 20.3 Å². The van der Waals surface area contributed by atoms with Gasteiger partial charge in [-0.1, -0.05) is 6.92 Å². The fourth-order valence-corrected chi connectivity index (χ4v) is 3.31. The molecule has 2 aliphatic carbocycles. The molecule has 0 amide bonds. The highest BCUT2D eigenvalue weighted by Crippen LogP contribution is 2.62. The molecule has 0 radical (unpaired) electrons. The highest BCUT2D eigenvalue weighted by Gasteiger charge is 2.54. The maximum Gasteiger partial charge on any atom is 0.0465 e. The summed E-state index contributed by atoms with van der Waals surface area (Å²) in [6.45, 7) is 4.12. The SMILES string of the molecule is COCCC(C)C1(CN)CC2CC2C1. The fourth-order valence-electron chi connectivity index (χ4n) is 3.31. The molecule has 0 aromatic rings. The van der Waals surface area contributed by atoms with E-state index in [9.17, 15) is 0 Å². The van der Waals surface area contributed by atoms with Crippen molar-refractivity contribution in [3.05, 3.63) is 0 Å². The molecule has 0 aromatic heterocycles. The summed E-state index contributed by atoms with van der Waals surface area (Å²) >= 11 is 0. The first kappa shape index (κ1) is 10.4. The van der Waals surface area contributed by atoms with E-state index < -0.39 is 0 Å². The highest BCUT2D eigenvalue weighted by atomic mass is 16.5. The van der Waals surface area contributed by atoms with Crippen molar-refractivity contribution < 1.29 is 4.74 Å². The van der Waals surface area contributed by atoms with Gasteiger partial charge in [0.2, 0.25) is 0 Å². The van der Waals surface area contributed by atoms with Crippen LogP contribution in [0.5, 0.6) is 0 Å². The van der Waals surface area contributed by atoms with Gasteiger partial charge in [0.1, 0.15) is 0 Å². The number of rotatable bonds is 5. The minimum Gasteiger partial charge on any atom is -0.385 e. The Morgan fingerprint density at radius 3 is 2.57 bits per heavy atom. The van der Waals surface area contributed by atoms with E-state index in [4.69, 9.17) is 10.5 Å². The lowest BCUT2D eigenvalue weighted by Gasteiger charge is -2.36. The Morgan fingerprint density at radius 2 is 2.07 bits per heavy atom. The zero-order valence-corrected chi connectivity index (χ0v) is 9.46. The van der Waals surface area contributed by atoms with Gasteiger partial charge in [-0.2, -0.15) is 0 Å². The maximum atomic E-state index is 5.98. The molecule has 2 heteroatoms. The monoisotopic (exact) mass is 197 g/mol. The molecule has 2 nitrogen and oxygen atoms in total. The standard InChI is InChI=1S/C12H23NO/c1-9(3-4-14-2)12(8-13)6-10-5-11(10)7-12/h9-11H,3-8,13H2,1-2H3. The molecule has 14 heavy (non-hydrogen) atoms. The molecule has 0 spiro atoms. The van der Waals surface area contributed by atoms with E-state index in [1.54, 1.807) is 7.11 Å². The van der Waals surface area contributed by atoms with Gasteiger partial charge in [0, 0.05) is 13.7 Å². The molecule has 2 rings (SSSR count). The minimum atomic E-state index is 0.464. The second-order valence-corrected chi connectivity index (χ2v) is 5.41. The summed E-state index contributed by atoms with van der Waals surface area (Å²) in [5, 5.41) is 0. The van der Waals surface area contributed by atoms with E-state index in [2.05, 4.69) is 6.92 Å². The average Bonchev–Trinajstić information content (AvgIpc) is 2.82. The molecule has 3 atom stereocenters. The van der Waals surface area contributed by atoms with Crippen LogP contribution >= 0.6 is 0 Å². The summed E-state index contributed by atoms with van der Waals surface area (Å²) in [6.07, 6.45) is 5.43. The molecule has 0 aromatic carbocycles. The number of fused-ring (bicyclic) bond motifs is 1. The number of nitrogens with two attached hydrogens (primary N) is 1. The van der Waals surface area contributed by atoms with Crippen LogP contribution in [-0.2, 0) is 4.74 Å². The van der Waals surface area contributed by atoms with Crippen molar-refractivity contribution in [3.8, 4) is 0 Å². The van der Waals surface area contributed by atoms with Gasteiger partial charge in [-0.3, -0.25) is 0 Å². The first-order valence-corrected chi connectivity index (χ1v) is 5.91. The molecule has 0 bridgehead atoms. The first-order valence-electron chi connectivity index (χ1n) is 5.91. The van der Waals surface area contributed by atoms with Gasteiger partial charge < -0.3 is 10.5 Å². The minimum absolute atomic E-state index is 0.464. The smallest absolute Gasteiger partial charge is 0.0465 e. The quantitative estimate of drug-likeness (QED) is 0.732. The highest BCUT2D eigenvalue weighted by molar-refractivity contribution is 5.05.